The molecule has 1 fully saturated rings. The van der Waals surface area contributed by atoms with Gasteiger partial charge in [-0.3, -0.25) is 4.99 Å². The molecule has 0 amide bonds. The van der Waals surface area contributed by atoms with Gasteiger partial charge in [0.05, 0.1) is 0 Å². The fourth-order valence-corrected chi connectivity index (χ4v) is 1.84. The number of aliphatic imine (C=N–C) groups is 1. The Labute approximate surface area is 61.9 Å². The molecule has 2 heteroatoms. The minimum absolute atomic E-state index is 0.736. The van der Waals surface area contributed by atoms with Crippen LogP contribution in [-0.4, -0.2) is 30.4 Å². The van der Waals surface area contributed by atoms with Crippen LogP contribution in [0.4, 0.5) is 0 Å². The Bertz CT molecular complexity index is 163. The molecule has 0 aromatic heterocycles. The molecule has 2 heterocycles. The zero-order valence-corrected chi connectivity index (χ0v) is 6.51. The van der Waals surface area contributed by atoms with Gasteiger partial charge in [0.1, 0.15) is 5.84 Å². The van der Waals surface area contributed by atoms with Crippen LogP contribution < -0.4 is 0 Å². The lowest BCUT2D eigenvalue weighted by Crippen LogP contribution is -2.32. The Morgan fingerprint density at radius 2 is 2.40 bits per heavy atom. The first-order valence-electron chi connectivity index (χ1n) is 4.17. The van der Waals surface area contributed by atoms with E-state index in [1.54, 1.807) is 0 Å². The number of hydrogen-bond acceptors (Lipinski definition) is 2. The van der Waals surface area contributed by atoms with E-state index in [2.05, 4.69) is 16.8 Å². The predicted molar refractivity (Wildman–Crippen MR) is 42.3 cm³/mol. The van der Waals surface area contributed by atoms with E-state index in [0.29, 0.717) is 0 Å². The minimum Gasteiger partial charge on any atom is -0.360 e. The van der Waals surface area contributed by atoms with Crippen molar-refractivity contribution in [3.63, 3.8) is 0 Å². The number of rotatable bonds is 0. The topological polar surface area (TPSA) is 15.6 Å². The second-order valence-corrected chi connectivity index (χ2v) is 3.27. The average Bonchev–Trinajstić information content (AvgIpc) is 2.34. The third-order valence-electron chi connectivity index (χ3n) is 2.46. The molecule has 1 unspecified atom stereocenters. The van der Waals surface area contributed by atoms with Crippen LogP contribution in [0.5, 0.6) is 0 Å². The van der Waals surface area contributed by atoms with Crippen molar-refractivity contribution in [1.82, 2.24) is 4.90 Å². The van der Waals surface area contributed by atoms with Gasteiger partial charge in [-0.2, -0.15) is 0 Å². The van der Waals surface area contributed by atoms with Crippen LogP contribution >= 0.6 is 0 Å². The standard InChI is InChI=1S/C8H14N2/c1-7-3-6-10-5-2-4-9-8(7)10/h7H,2-6H2,1H3. The van der Waals surface area contributed by atoms with Crippen LogP contribution in [0.25, 0.3) is 0 Å². The second kappa shape index (κ2) is 2.26. The van der Waals surface area contributed by atoms with E-state index in [1.807, 2.05) is 0 Å². The number of hydrogen-bond donors (Lipinski definition) is 0. The molecule has 2 aliphatic heterocycles. The lowest BCUT2D eigenvalue weighted by Gasteiger charge is -2.23. The van der Waals surface area contributed by atoms with Gasteiger partial charge in [-0.15, -0.1) is 0 Å². The summed E-state index contributed by atoms with van der Waals surface area (Å²) in [5.74, 6) is 2.12. The summed E-state index contributed by atoms with van der Waals surface area (Å²) >= 11 is 0. The number of fused-ring (bicyclic) bond motifs is 1. The van der Waals surface area contributed by atoms with Crippen LogP contribution in [0.3, 0.4) is 0 Å². The first-order valence-corrected chi connectivity index (χ1v) is 4.17. The fourth-order valence-electron chi connectivity index (χ4n) is 1.84. The van der Waals surface area contributed by atoms with Gasteiger partial charge >= 0.3 is 0 Å². The first-order chi connectivity index (χ1) is 4.88. The van der Waals surface area contributed by atoms with Crippen molar-refractivity contribution in [2.45, 2.75) is 19.8 Å². The normalized spacial score (nSPS) is 31.9. The third-order valence-corrected chi connectivity index (χ3v) is 2.46. The van der Waals surface area contributed by atoms with Crippen molar-refractivity contribution in [1.29, 1.82) is 0 Å². The third kappa shape index (κ3) is 0.825. The maximum absolute atomic E-state index is 4.52. The van der Waals surface area contributed by atoms with E-state index in [4.69, 9.17) is 0 Å². The Kier molecular flexibility index (Phi) is 1.40. The van der Waals surface area contributed by atoms with E-state index in [0.717, 1.165) is 12.5 Å². The summed E-state index contributed by atoms with van der Waals surface area (Å²) in [6.07, 6.45) is 2.58. The summed E-state index contributed by atoms with van der Waals surface area (Å²) in [5, 5.41) is 0. The van der Waals surface area contributed by atoms with Gasteiger partial charge < -0.3 is 4.90 Å². The van der Waals surface area contributed by atoms with Crippen molar-refractivity contribution < 1.29 is 0 Å². The zero-order valence-electron chi connectivity index (χ0n) is 6.51. The molecule has 1 saturated heterocycles. The second-order valence-electron chi connectivity index (χ2n) is 3.27. The highest BCUT2D eigenvalue weighted by Gasteiger charge is 2.26. The quantitative estimate of drug-likeness (QED) is 0.490. The molecule has 0 radical (unpaired) electrons. The SMILES string of the molecule is CC1CCN2CCCN=C12. The summed E-state index contributed by atoms with van der Waals surface area (Å²) in [4.78, 5) is 6.95. The smallest absolute Gasteiger partial charge is 0.102 e. The monoisotopic (exact) mass is 138 g/mol. The molecule has 0 aromatic rings. The maximum atomic E-state index is 4.52. The maximum Gasteiger partial charge on any atom is 0.102 e. The molecule has 10 heavy (non-hydrogen) atoms. The van der Waals surface area contributed by atoms with Gasteiger partial charge in [0.15, 0.2) is 0 Å². The highest BCUT2D eigenvalue weighted by molar-refractivity contribution is 5.86. The van der Waals surface area contributed by atoms with E-state index >= 15 is 0 Å². The van der Waals surface area contributed by atoms with E-state index in [9.17, 15) is 0 Å². The average molecular weight is 138 g/mol. The Morgan fingerprint density at radius 3 is 3.20 bits per heavy atom. The van der Waals surface area contributed by atoms with E-state index in [1.165, 1.54) is 31.8 Å². The predicted octanol–water partition coefficient (Wildman–Crippen LogP) is 1.13. The summed E-state index contributed by atoms with van der Waals surface area (Å²) in [6.45, 7) is 5.85. The largest absolute Gasteiger partial charge is 0.360 e. The molecule has 0 aromatic carbocycles. The Balaban J connectivity index is 2.19. The molecule has 0 bridgehead atoms. The van der Waals surface area contributed by atoms with Gasteiger partial charge in [-0.1, -0.05) is 6.92 Å². The van der Waals surface area contributed by atoms with E-state index in [-0.39, 0.29) is 0 Å². The van der Waals surface area contributed by atoms with Crippen molar-refractivity contribution in [3.8, 4) is 0 Å². The molecular formula is C8H14N2. The van der Waals surface area contributed by atoms with Gasteiger partial charge in [-0.05, 0) is 12.8 Å². The van der Waals surface area contributed by atoms with Gasteiger partial charge in [-0.25, -0.2) is 0 Å². The summed E-state index contributed by atoms with van der Waals surface area (Å²) < 4.78 is 0. The molecule has 0 saturated carbocycles. The minimum atomic E-state index is 0.736. The lowest BCUT2D eigenvalue weighted by molar-refractivity contribution is 0.427. The molecule has 0 spiro atoms. The zero-order chi connectivity index (χ0) is 6.97. The van der Waals surface area contributed by atoms with Crippen molar-refractivity contribution in [2.75, 3.05) is 19.6 Å². The first kappa shape index (κ1) is 6.20. The van der Waals surface area contributed by atoms with Crippen LogP contribution in [0, 0.1) is 5.92 Å². The van der Waals surface area contributed by atoms with Crippen molar-refractivity contribution in [2.24, 2.45) is 10.9 Å². The lowest BCUT2D eigenvalue weighted by atomic mass is 10.1. The molecule has 0 aliphatic carbocycles. The van der Waals surface area contributed by atoms with Crippen LogP contribution in [0.1, 0.15) is 19.8 Å². The van der Waals surface area contributed by atoms with Gasteiger partial charge in [0.25, 0.3) is 0 Å². The molecule has 1 atom stereocenters. The summed E-state index contributed by atoms with van der Waals surface area (Å²) in [6, 6.07) is 0. The molecule has 2 aliphatic rings. The van der Waals surface area contributed by atoms with Crippen molar-refractivity contribution in [3.05, 3.63) is 0 Å². The van der Waals surface area contributed by atoms with E-state index < -0.39 is 0 Å². The highest BCUT2D eigenvalue weighted by atomic mass is 15.2. The molecule has 2 rings (SSSR count). The molecule has 2 nitrogen and oxygen atoms in total. The summed E-state index contributed by atoms with van der Waals surface area (Å²) in [5.41, 5.74) is 0. The Hall–Kier alpha value is -0.530. The van der Waals surface area contributed by atoms with Gasteiger partial charge in [0.2, 0.25) is 0 Å². The Morgan fingerprint density at radius 1 is 1.50 bits per heavy atom. The number of amidine groups is 1. The molecular weight excluding hydrogens is 124 g/mol. The highest BCUT2D eigenvalue weighted by Crippen LogP contribution is 2.21. The molecule has 0 N–H and O–H groups in total. The van der Waals surface area contributed by atoms with Crippen LogP contribution in [0.2, 0.25) is 0 Å². The number of nitrogens with zero attached hydrogens (tertiary/aromatic N) is 2. The molecule has 56 valence electrons. The fraction of sp³-hybridized carbons (Fsp3) is 0.875. The summed E-state index contributed by atoms with van der Waals surface area (Å²) in [7, 11) is 0. The van der Waals surface area contributed by atoms with Crippen LogP contribution in [-0.2, 0) is 0 Å². The van der Waals surface area contributed by atoms with Crippen molar-refractivity contribution >= 4 is 5.84 Å². The van der Waals surface area contributed by atoms with Crippen LogP contribution in [0.15, 0.2) is 4.99 Å². The van der Waals surface area contributed by atoms with Gasteiger partial charge in [0, 0.05) is 25.6 Å².